The van der Waals surface area contributed by atoms with Crippen LogP contribution in [-0.2, 0) is 16.8 Å². The van der Waals surface area contributed by atoms with Crippen LogP contribution in [0.15, 0.2) is 49.1 Å². The quantitative estimate of drug-likeness (QED) is 0.822. The average Bonchev–Trinajstić information content (AvgIpc) is 2.47. The van der Waals surface area contributed by atoms with Crippen molar-refractivity contribution < 1.29 is 13.2 Å². The maximum absolute atomic E-state index is 11.7. The topological polar surface area (TPSA) is 101 Å². The van der Waals surface area contributed by atoms with Gasteiger partial charge in [-0.3, -0.25) is 14.8 Å². The molecule has 7 nitrogen and oxygen atoms in total. The number of nitrogens with zero attached hydrogens (tertiary/aromatic N) is 2. The summed E-state index contributed by atoms with van der Waals surface area (Å²) in [4.78, 5) is 19.3. The molecule has 0 fully saturated rings. The van der Waals surface area contributed by atoms with Gasteiger partial charge in [0.15, 0.2) is 0 Å². The number of hydrogen-bond acceptors (Lipinski definition) is 5. The first kappa shape index (κ1) is 14.1. The number of pyridine rings is 2. The van der Waals surface area contributed by atoms with Gasteiger partial charge in [0.05, 0.1) is 5.56 Å². The Balaban J connectivity index is 1.96. The van der Waals surface area contributed by atoms with Gasteiger partial charge in [-0.25, -0.2) is 4.72 Å². The van der Waals surface area contributed by atoms with E-state index >= 15 is 0 Å². The van der Waals surface area contributed by atoms with E-state index < -0.39 is 16.1 Å². The van der Waals surface area contributed by atoms with Crippen molar-refractivity contribution in [3.8, 4) is 0 Å². The van der Waals surface area contributed by atoms with Gasteiger partial charge in [0.2, 0.25) is 0 Å². The van der Waals surface area contributed by atoms with Gasteiger partial charge >= 0.3 is 10.2 Å². The number of amides is 1. The summed E-state index contributed by atoms with van der Waals surface area (Å²) < 4.78 is 27.6. The molecule has 0 saturated carbocycles. The lowest BCUT2D eigenvalue weighted by Gasteiger charge is -2.08. The normalized spacial score (nSPS) is 11.0. The van der Waals surface area contributed by atoms with E-state index in [1.165, 1.54) is 24.7 Å². The maximum atomic E-state index is 11.7. The molecule has 0 aliphatic carbocycles. The maximum Gasteiger partial charge on any atom is 0.301 e. The zero-order valence-electron chi connectivity index (χ0n) is 10.4. The van der Waals surface area contributed by atoms with Crippen LogP contribution in [0.2, 0.25) is 0 Å². The van der Waals surface area contributed by atoms with Crippen LogP contribution in [0.4, 0.5) is 0 Å². The molecule has 0 radical (unpaired) electrons. The fourth-order valence-electron chi connectivity index (χ4n) is 1.40. The molecule has 0 aliphatic heterocycles. The fourth-order valence-corrected chi connectivity index (χ4v) is 2.19. The SMILES string of the molecule is O=C(NS(=O)(=O)NCc1cccnc1)c1cccnc1. The summed E-state index contributed by atoms with van der Waals surface area (Å²) >= 11 is 0. The van der Waals surface area contributed by atoms with Crippen LogP contribution in [0.5, 0.6) is 0 Å². The van der Waals surface area contributed by atoms with Crippen molar-refractivity contribution in [1.29, 1.82) is 0 Å². The van der Waals surface area contributed by atoms with Crippen molar-refractivity contribution in [2.45, 2.75) is 6.54 Å². The first-order valence-electron chi connectivity index (χ1n) is 5.67. The Bertz CT molecular complexity index is 674. The van der Waals surface area contributed by atoms with E-state index in [-0.39, 0.29) is 12.1 Å². The van der Waals surface area contributed by atoms with E-state index in [4.69, 9.17) is 0 Å². The summed E-state index contributed by atoms with van der Waals surface area (Å²) in [5.41, 5.74) is 0.853. The van der Waals surface area contributed by atoms with Gasteiger partial charge in [-0.2, -0.15) is 13.1 Å². The Morgan fingerprint density at radius 1 is 1.10 bits per heavy atom. The molecule has 0 aliphatic rings. The van der Waals surface area contributed by atoms with E-state index in [1.807, 2.05) is 4.72 Å². The molecule has 2 N–H and O–H groups in total. The molecule has 1 amide bonds. The van der Waals surface area contributed by atoms with Crippen molar-refractivity contribution in [2.75, 3.05) is 0 Å². The number of carbonyl (C=O) groups is 1. The van der Waals surface area contributed by atoms with E-state index in [0.29, 0.717) is 5.56 Å². The summed E-state index contributed by atoms with van der Waals surface area (Å²) in [5.74, 6) is -0.739. The Hall–Kier alpha value is -2.32. The first-order valence-corrected chi connectivity index (χ1v) is 7.16. The van der Waals surface area contributed by atoms with Crippen LogP contribution < -0.4 is 9.44 Å². The molecule has 0 spiro atoms. The fraction of sp³-hybridized carbons (Fsp3) is 0.0833. The van der Waals surface area contributed by atoms with E-state index in [1.54, 1.807) is 24.4 Å². The Morgan fingerprint density at radius 2 is 1.80 bits per heavy atom. The van der Waals surface area contributed by atoms with E-state index in [0.717, 1.165) is 0 Å². The molecule has 2 heterocycles. The number of hydrogen-bond donors (Lipinski definition) is 2. The van der Waals surface area contributed by atoms with Crippen LogP contribution in [0.1, 0.15) is 15.9 Å². The molecule has 8 heteroatoms. The van der Waals surface area contributed by atoms with Gasteiger partial charge in [-0.1, -0.05) is 6.07 Å². The largest absolute Gasteiger partial charge is 0.301 e. The van der Waals surface area contributed by atoms with Crippen molar-refractivity contribution in [2.24, 2.45) is 0 Å². The second-order valence-corrected chi connectivity index (χ2v) is 5.36. The predicted molar refractivity (Wildman–Crippen MR) is 71.7 cm³/mol. The van der Waals surface area contributed by atoms with Gasteiger partial charge in [0.1, 0.15) is 0 Å². The van der Waals surface area contributed by atoms with Gasteiger partial charge in [-0.15, -0.1) is 0 Å². The number of aromatic nitrogens is 2. The lowest BCUT2D eigenvalue weighted by atomic mass is 10.3. The van der Waals surface area contributed by atoms with E-state index in [9.17, 15) is 13.2 Å². The third-order valence-electron chi connectivity index (χ3n) is 2.34. The summed E-state index contributed by atoms with van der Waals surface area (Å²) in [7, 11) is -3.93. The van der Waals surface area contributed by atoms with Crippen LogP contribution in [0.3, 0.4) is 0 Å². The second-order valence-electron chi connectivity index (χ2n) is 3.86. The zero-order chi connectivity index (χ0) is 14.4. The molecule has 104 valence electrons. The van der Waals surface area contributed by atoms with Crippen LogP contribution in [-0.4, -0.2) is 24.3 Å². The van der Waals surface area contributed by atoms with Crippen molar-refractivity contribution in [3.05, 3.63) is 60.2 Å². The molecule has 0 atom stereocenters. The molecular formula is C12H12N4O3S. The highest BCUT2D eigenvalue weighted by Crippen LogP contribution is 1.98. The minimum Gasteiger partial charge on any atom is -0.268 e. The number of rotatable bonds is 5. The minimum absolute atomic E-state index is 0.0451. The van der Waals surface area contributed by atoms with Crippen molar-refractivity contribution >= 4 is 16.1 Å². The summed E-state index contributed by atoms with van der Waals surface area (Å²) in [6, 6.07) is 6.43. The smallest absolute Gasteiger partial charge is 0.268 e. The van der Waals surface area contributed by atoms with Crippen molar-refractivity contribution in [3.63, 3.8) is 0 Å². The Labute approximate surface area is 116 Å². The zero-order valence-corrected chi connectivity index (χ0v) is 11.2. The van der Waals surface area contributed by atoms with Gasteiger partial charge in [-0.05, 0) is 23.8 Å². The molecule has 2 rings (SSSR count). The van der Waals surface area contributed by atoms with Crippen molar-refractivity contribution in [1.82, 2.24) is 19.4 Å². The monoisotopic (exact) mass is 292 g/mol. The molecule has 2 aromatic heterocycles. The van der Waals surface area contributed by atoms with Crippen LogP contribution in [0, 0.1) is 0 Å². The standard InChI is InChI=1S/C12H12N4O3S/c17-12(11-4-2-6-14-9-11)16-20(18,19)15-8-10-3-1-5-13-7-10/h1-7,9,15H,8H2,(H,16,17). The highest BCUT2D eigenvalue weighted by Gasteiger charge is 2.15. The molecule has 0 unspecified atom stereocenters. The third-order valence-corrected chi connectivity index (χ3v) is 3.32. The Morgan fingerprint density at radius 3 is 2.40 bits per heavy atom. The molecule has 0 saturated heterocycles. The molecular weight excluding hydrogens is 280 g/mol. The molecule has 0 bridgehead atoms. The third kappa shape index (κ3) is 4.11. The lowest BCUT2D eigenvalue weighted by Crippen LogP contribution is -2.39. The Kier molecular flexibility index (Phi) is 4.38. The van der Waals surface area contributed by atoms with Gasteiger partial charge < -0.3 is 0 Å². The van der Waals surface area contributed by atoms with Crippen LogP contribution >= 0.6 is 0 Å². The van der Waals surface area contributed by atoms with Crippen LogP contribution in [0.25, 0.3) is 0 Å². The summed E-state index contributed by atoms with van der Waals surface area (Å²) in [6.45, 7) is 0.0451. The number of carbonyl (C=O) groups excluding carboxylic acids is 1. The summed E-state index contributed by atoms with van der Waals surface area (Å²) in [5, 5.41) is 0. The summed E-state index contributed by atoms with van der Waals surface area (Å²) in [6.07, 6.45) is 5.89. The van der Waals surface area contributed by atoms with Gasteiger partial charge in [0, 0.05) is 31.3 Å². The highest BCUT2D eigenvalue weighted by molar-refractivity contribution is 7.88. The van der Waals surface area contributed by atoms with Gasteiger partial charge in [0.25, 0.3) is 5.91 Å². The predicted octanol–water partition coefficient (Wildman–Crippen LogP) is 0.241. The average molecular weight is 292 g/mol. The lowest BCUT2D eigenvalue weighted by molar-refractivity contribution is 0.0980. The highest BCUT2D eigenvalue weighted by atomic mass is 32.2. The van der Waals surface area contributed by atoms with E-state index in [2.05, 4.69) is 14.7 Å². The molecule has 20 heavy (non-hydrogen) atoms. The minimum atomic E-state index is -3.93. The molecule has 2 aromatic rings. The number of nitrogens with one attached hydrogen (secondary N) is 2. The first-order chi connectivity index (χ1) is 9.57. The second kappa shape index (κ2) is 6.22. The molecule has 0 aromatic carbocycles.